The van der Waals surface area contributed by atoms with Crippen LogP contribution in [0.1, 0.15) is 54.4 Å². The van der Waals surface area contributed by atoms with Gasteiger partial charge in [-0.2, -0.15) is 0 Å². The van der Waals surface area contributed by atoms with E-state index >= 15 is 0 Å². The third-order valence-corrected chi connectivity index (χ3v) is 2.64. The highest BCUT2D eigenvalue weighted by Crippen LogP contribution is 2.25. The van der Waals surface area contributed by atoms with Gasteiger partial charge in [-0.05, 0) is 13.3 Å². The summed E-state index contributed by atoms with van der Waals surface area (Å²) < 4.78 is 1.15. The quantitative estimate of drug-likeness (QED) is 0.593. The second-order valence-corrected chi connectivity index (χ2v) is 5.32. The third-order valence-electron chi connectivity index (χ3n) is 2.64. The van der Waals surface area contributed by atoms with Gasteiger partial charge < -0.3 is 4.48 Å². The Morgan fingerprint density at radius 3 is 1.71 bits per heavy atom. The van der Waals surface area contributed by atoms with Gasteiger partial charge in [0.25, 0.3) is 0 Å². The molecule has 0 saturated heterocycles. The average Bonchev–Trinajstić information content (AvgIpc) is 2.06. The molecule has 88 valence electrons. The van der Waals surface area contributed by atoms with Gasteiger partial charge in [-0.1, -0.05) is 41.0 Å². The molecule has 0 saturated carbocycles. The predicted octanol–water partition coefficient (Wildman–Crippen LogP) is 3.94. The first-order chi connectivity index (χ1) is 6.33. The maximum absolute atomic E-state index is 2.38. The second kappa shape index (κ2) is 7.28. The first-order valence-corrected chi connectivity index (χ1v) is 6.15. The smallest absolute Gasteiger partial charge is 0.0834 e. The van der Waals surface area contributed by atoms with Crippen LogP contribution in [0.3, 0.4) is 0 Å². The van der Waals surface area contributed by atoms with Crippen molar-refractivity contribution in [3.8, 4) is 0 Å². The summed E-state index contributed by atoms with van der Waals surface area (Å²) in [4.78, 5) is 0. The lowest BCUT2D eigenvalue weighted by atomic mass is 9.87. The van der Waals surface area contributed by atoms with Crippen molar-refractivity contribution >= 4 is 0 Å². The van der Waals surface area contributed by atoms with E-state index in [1.54, 1.807) is 0 Å². The molecule has 14 heavy (non-hydrogen) atoms. The molecule has 0 heterocycles. The normalized spacial score (nSPS) is 12.0. The zero-order valence-electron chi connectivity index (χ0n) is 11.8. The highest BCUT2D eigenvalue weighted by atomic mass is 15.3. The van der Waals surface area contributed by atoms with Gasteiger partial charge in [0.1, 0.15) is 0 Å². The van der Waals surface area contributed by atoms with Crippen LogP contribution in [0.15, 0.2) is 0 Å². The molecule has 0 bridgehead atoms. The summed E-state index contributed by atoms with van der Waals surface area (Å²) in [6.07, 6.45) is 2.64. The summed E-state index contributed by atoms with van der Waals surface area (Å²) in [5, 5.41) is 0. The first-order valence-electron chi connectivity index (χ1n) is 6.15. The molecule has 1 nitrogen and oxygen atoms in total. The van der Waals surface area contributed by atoms with E-state index in [9.17, 15) is 0 Å². The van der Waals surface area contributed by atoms with E-state index in [4.69, 9.17) is 0 Å². The van der Waals surface area contributed by atoms with Crippen molar-refractivity contribution < 1.29 is 4.48 Å². The third kappa shape index (κ3) is 8.55. The number of hydrogen-bond donors (Lipinski definition) is 0. The number of rotatable bonds is 5. The minimum Gasteiger partial charge on any atom is -0.328 e. The second-order valence-electron chi connectivity index (χ2n) is 5.32. The molecule has 0 amide bonds. The van der Waals surface area contributed by atoms with Crippen LogP contribution >= 0.6 is 0 Å². The molecule has 0 atom stereocenters. The molecule has 0 unspecified atom stereocenters. The van der Waals surface area contributed by atoms with E-state index in [0.717, 1.165) is 4.48 Å². The van der Waals surface area contributed by atoms with Crippen LogP contribution in [-0.4, -0.2) is 31.7 Å². The van der Waals surface area contributed by atoms with Gasteiger partial charge in [0.15, 0.2) is 0 Å². The number of quaternary nitrogens is 1. The topological polar surface area (TPSA) is 0 Å². The number of hydrogen-bond acceptors (Lipinski definition) is 0. The molecule has 0 aliphatic rings. The van der Waals surface area contributed by atoms with Crippen molar-refractivity contribution in [1.29, 1.82) is 0 Å². The van der Waals surface area contributed by atoms with Gasteiger partial charge in [-0.15, -0.1) is 0 Å². The molecule has 0 aliphatic carbocycles. The van der Waals surface area contributed by atoms with Crippen LogP contribution in [0.4, 0.5) is 0 Å². The largest absolute Gasteiger partial charge is 0.328 e. The Balaban J connectivity index is 0. The van der Waals surface area contributed by atoms with Gasteiger partial charge in [0.2, 0.25) is 0 Å². The summed E-state index contributed by atoms with van der Waals surface area (Å²) in [5.41, 5.74) is 0.508. The maximum atomic E-state index is 2.38. The van der Waals surface area contributed by atoms with E-state index in [1.807, 2.05) is 13.8 Å². The first kappa shape index (κ1) is 16.4. The molecule has 0 aromatic heterocycles. The lowest BCUT2D eigenvalue weighted by Crippen LogP contribution is -2.46. The molecule has 0 spiro atoms. The lowest BCUT2D eigenvalue weighted by Gasteiger charge is -2.36. The van der Waals surface area contributed by atoms with Crippen molar-refractivity contribution in [2.45, 2.75) is 54.4 Å². The monoisotopic (exact) mass is 202 g/mol. The summed E-state index contributed by atoms with van der Waals surface area (Å²) in [6, 6.07) is 0. The molecule has 0 aromatic carbocycles. The summed E-state index contributed by atoms with van der Waals surface area (Å²) >= 11 is 0. The maximum Gasteiger partial charge on any atom is 0.0834 e. The zero-order valence-corrected chi connectivity index (χ0v) is 11.8. The molecule has 0 rings (SSSR count). The molecule has 1 heteroatoms. The zero-order chi connectivity index (χ0) is 11.8. The Bertz CT molecular complexity index is 125. The average molecular weight is 202 g/mol. The van der Waals surface area contributed by atoms with Crippen LogP contribution in [0.25, 0.3) is 0 Å². The van der Waals surface area contributed by atoms with Gasteiger partial charge in [0.05, 0.1) is 27.2 Å². The lowest BCUT2D eigenvalue weighted by molar-refractivity contribution is -0.894. The predicted molar refractivity (Wildman–Crippen MR) is 67.6 cm³/mol. The number of nitrogens with zero attached hydrogens (tertiary/aromatic N) is 1. The fourth-order valence-corrected chi connectivity index (χ4v) is 2.03. The molecule has 0 N–H and O–H groups in total. The summed E-state index contributed by atoms with van der Waals surface area (Å²) in [7, 11) is 4.63. The van der Waals surface area contributed by atoms with Crippen LogP contribution in [0.2, 0.25) is 0 Å². The van der Waals surface area contributed by atoms with Gasteiger partial charge in [-0.25, -0.2) is 0 Å². The Hall–Kier alpha value is -0.0400. The fourth-order valence-electron chi connectivity index (χ4n) is 2.03. The Labute approximate surface area is 92.1 Å². The highest BCUT2D eigenvalue weighted by molar-refractivity contribution is 4.66. The van der Waals surface area contributed by atoms with Crippen LogP contribution < -0.4 is 0 Å². The molecular weight excluding hydrogens is 170 g/mol. The Morgan fingerprint density at radius 1 is 1.00 bits per heavy atom. The van der Waals surface area contributed by atoms with Crippen LogP contribution in [0, 0.1) is 5.41 Å². The minimum absolute atomic E-state index is 0.508. The van der Waals surface area contributed by atoms with E-state index in [-0.39, 0.29) is 0 Å². The van der Waals surface area contributed by atoms with Gasteiger partial charge in [0, 0.05) is 5.41 Å². The van der Waals surface area contributed by atoms with Crippen LogP contribution in [-0.2, 0) is 0 Å². The molecule has 0 aliphatic heterocycles. The van der Waals surface area contributed by atoms with Crippen molar-refractivity contribution in [3.63, 3.8) is 0 Å². The standard InChI is InChI=1S/C11H26N.C2H6/c1-7-9-11(3,4)10-12(5,6)8-2;1-2/h7-10H2,1-6H3;1-2H3/q+1;. The Kier molecular flexibility index (Phi) is 8.52. The fraction of sp³-hybridized carbons (Fsp3) is 1.00. The highest BCUT2D eigenvalue weighted by Gasteiger charge is 2.26. The van der Waals surface area contributed by atoms with Crippen molar-refractivity contribution in [1.82, 2.24) is 0 Å². The van der Waals surface area contributed by atoms with Crippen LogP contribution in [0.5, 0.6) is 0 Å². The minimum atomic E-state index is 0.508. The van der Waals surface area contributed by atoms with E-state index in [0.29, 0.717) is 5.41 Å². The van der Waals surface area contributed by atoms with Crippen molar-refractivity contribution in [2.24, 2.45) is 5.41 Å². The van der Waals surface area contributed by atoms with Crippen molar-refractivity contribution in [2.75, 3.05) is 27.2 Å². The summed E-state index contributed by atoms with van der Waals surface area (Å²) in [6.45, 7) is 15.8. The van der Waals surface area contributed by atoms with Gasteiger partial charge >= 0.3 is 0 Å². The van der Waals surface area contributed by atoms with Crippen molar-refractivity contribution in [3.05, 3.63) is 0 Å². The SMILES string of the molecule is CC.CCCC(C)(C)C[N+](C)(C)CC. The van der Waals surface area contributed by atoms with Gasteiger partial charge in [-0.3, -0.25) is 0 Å². The summed E-state index contributed by atoms with van der Waals surface area (Å²) in [5.74, 6) is 0. The molecule has 0 aromatic rings. The molecular formula is C13H32N+. The van der Waals surface area contributed by atoms with E-state index in [1.165, 1.54) is 25.9 Å². The Morgan fingerprint density at radius 2 is 1.43 bits per heavy atom. The van der Waals surface area contributed by atoms with E-state index in [2.05, 4.69) is 41.8 Å². The molecule has 0 fully saturated rings. The molecule has 0 radical (unpaired) electrons. The van der Waals surface area contributed by atoms with E-state index < -0.39 is 0 Å².